The van der Waals surface area contributed by atoms with Gasteiger partial charge in [0, 0.05) is 19.8 Å². The summed E-state index contributed by atoms with van der Waals surface area (Å²) < 4.78 is 7.46. The number of aliphatic hydroxyl groups is 1. The summed E-state index contributed by atoms with van der Waals surface area (Å²) in [7, 11) is 1.95. The van der Waals surface area contributed by atoms with Crippen LogP contribution in [0.25, 0.3) is 0 Å². The Balaban J connectivity index is 1.40. The number of benzene rings is 1. The van der Waals surface area contributed by atoms with Crippen LogP contribution in [0, 0.1) is 11.3 Å². The first-order valence-corrected chi connectivity index (χ1v) is 8.66. The number of piperidine rings is 1. The quantitative estimate of drug-likeness (QED) is 0.869. The first kappa shape index (κ1) is 17.5. The number of hydrogen-bond donors (Lipinski definition) is 1. The molecule has 0 saturated carbocycles. The highest BCUT2D eigenvalue weighted by Gasteiger charge is 2.23. The highest BCUT2D eigenvalue weighted by molar-refractivity contribution is 5.34. The van der Waals surface area contributed by atoms with Gasteiger partial charge in [-0.15, -0.1) is 0 Å². The first-order valence-electron chi connectivity index (χ1n) is 8.66. The Kier molecular flexibility index (Phi) is 5.69. The summed E-state index contributed by atoms with van der Waals surface area (Å²) in [6, 6.07) is 9.01. The standard InChI is InChI=1S/C19H24N4O2/c1-22-12-17(11-21-22)16-6-8-23(9-7-16)13-18(24)14-25-19-4-2-15(10-20)3-5-19/h2-5,11-12,16,18,24H,6-9,13-14H2,1H3/t18-/m1/s1. The van der Waals surface area contributed by atoms with Crippen LogP contribution in [0.4, 0.5) is 0 Å². The zero-order valence-corrected chi connectivity index (χ0v) is 14.5. The fraction of sp³-hybridized carbons (Fsp3) is 0.474. The number of nitriles is 1. The molecule has 3 rings (SSSR count). The van der Waals surface area contributed by atoms with Crippen molar-refractivity contribution in [3.63, 3.8) is 0 Å². The first-order chi connectivity index (χ1) is 12.1. The minimum Gasteiger partial charge on any atom is -0.491 e. The molecule has 0 bridgehead atoms. The predicted octanol–water partition coefficient (Wildman–Crippen LogP) is 1.91. The number of nitrogens with zero attached hydrogens (tertiary/aromatic N) is 4. The maximum Gasteiger partial charge on any atom is 0.119 e. The smallest absolute Gasteiger partial charge is 0.119 e. The molecule has 0 amide bonds. The lowest BCUT2D eigenvalue weighted by molar-refractivity contribution is 0.0594. The van der Waals surface area contributed by atoms with Crippen LogP contribution in [0.5, 0.6) is 5.75 Å². The van der Waals surface area contributed by atoms with Crippen molar-refractivity contribution in [2.24, 2.45) is 7.05 Å². The van der Waals surface area contributed by atoms with Gasteiger partial charge < -0.3 is 14.7 Å². The van der Waals surface area contributed by atoms with E-state index >= 15 is 0 Å². The Hall–Kier alpha value is -2.36. The van der Waals surface area contributed by atoms with E-state index in [4.69, 9.17) is 10.00 Å². The molecule has 1 aromatic heterocycles. The molecular weight excluding hydrogens is 316 g/mol. The number of ether oxygens (including phenoxy) is 1. The molecule has 6 heteroatoms. The molecule has 1 atom stereocenters. The zero-order chi connectivity index (χ0) is 17.6. The lowest BCUT2D eigenvalue weighted by Gasteiger charge is -2.32. The lowest BCUT2D eigenvalue weighted by Crippen LogP contribution is -2.40. The topological polar surface area (TPSA) is 74.3 Å². The summed E-state index contributed by atoms with van der Waals surface area (Å²) in [5.41, 5.74) is 1.91. The molecule has 0 aliphatic carbocycles. The summed E-state index contributed by atoms with van der Waals surface area (Å²) in [5, 5.41) is 23.2. The maximum atomic E-state index is 10.2. The monoisotopic (exact) mass is 340 g/mol. The van der Waals surface area contributed by atoms with Crippen molar-refractivity contribution in [1.29, 1.82) is 5.26 Å². The summed E-state index contributed by atoms with van der Waals surface area (Å²) in [6.45, 7) is 2.84. The highest BCUT2D eigenvalue weighted by Crippen LogP contribution is 2.27. The van der Waals surface area contributed by atoms with Crippen molar-refractivity contribution in [1.82, 2.24) is 14.7 Å². The van der Waals surface area contributed by atoms with Gasteiger partial charge >= 0.3 is 0 Å². The zero-order valence-electron chi connectivity index (χ0n) is 14.5. The van der Waals surface area contributed by atoms with Crippen LogP contribution >= 0.6 is 0 Å². The van der Waals surface area contributed by atoms with Gasteiger partial charge in [0.25, 0.3) is 0 Å². The molecule has 1 N–H and O–H groups in total. The minimum atomic E-state index is -0.523. The number of β-amino-alcohol motifs (C(OH)–C–C–N with tert-alkyl or cyclic N) is 1. The van der Waals surface area contributed by atoms with E-state index in [2.05, 4.69) is 22.3 Å². The molecular formula is C19H24N4O2. The average molecular weight is 340 g/mol. The van der Waals surface area contributed by atoms with Gasteiger partial charge in [-0.25, -0.2) is 0 Å². The van der Waals surface area contributed by atoms with Gasteiger partial charge in [-0.2, -0.15) is 10.4 Å². The molecule has 1 aromatic carbocycles. The van der Waals surface area contributed by atoms with Gasteiger partial charge in [0.1, 0.15) is 18.5 Å². The second kappa shape index (κ2) is 8.15. The van der Waals surface area contributed by atoms with Crippen LogP contribution in [0.2, 0.25) is 0 Å². The van der Waals surface area contributed by atoms with Crippen molar-refractivity contribution in [3.8, 4) is 11.8 Å². The van der Waals surface area contributed by atoms with Gasteiger partial charge in [-0.05, 0) is 61.7 Å². The Labute approximate surface area is 148 Å². The molecule has 0 spiro atoms. The molecule has 25 heavy (non-hydrogen) atoms. The largest absolute Gasteiger partial charge is 0.491 e. The van der Waals surface area contributed by atoms with Crippen LogP contribution in [0.1, 0.15) is 29.9 Å². The fourth-order valence-electron chi connectivity index (χ4n) is 3.27. The third-order valence-electron chi connectivity index (χ3n) is 4.68. The Morgan fingerprint density at radius 3 is 2.64 bits per heavy atom. The van der Waals surface area contributed by atoms with Gasteiger partial charge in [-0.1, -0.05) is 0 Å². The third kappa shape index (κ3) is 4.81. The fourth-order valence-corrected chi connectivity index (χ4v) is 3.27. The summed E-state index contributed by atoms with van der Waals surface area (Å²) in [4.78, 5) is 2.29. The third-order valence-corrected chi connectivity index (χ3v) is 4.68. The van der Waals surface area contributed by atoms with Crippen LogP contribution < -0.4 is 4.74 Å². The Morgan fingerprint density at radius 1 is 1.32 bits per heavy atom. The van der Waals surface area contributed by atoms with E-state index in [-0.39, 0.29) is 6.61 Å². The van der Waals surface area contributed by atoms with E-state index in [1.165, 1.54) is 5.56 Å². The predicted molar refractivity (Wildman–Crippen MR) is 94.3 cm³/mol. The van der Waals surface area contributed by atoms with E-state index < -0.39 is 6.10 Å². The van der Waals surface area contributed by atoms with Gasteiger partial charge in [0.05, 0.1) is 17.8 Å². The molecule has 0 unspecified atom stereocenters. The van der Waals surface area contributed by atoms with Crippen LogP contribution in [0.15, 0.2) is 36.7 Å². The summed E-state index contributed by atoms with van der Waals surface area (Å²) in [5.74, 6) is 1.24. The average Bonchev–Trinajstić information content (AvgIpc) is 3.07. The SMILES string of the molecule is Cn1cc(C2CCN(C[C@@H](O)COc3ccc(C#N)cc3)CC2)cn1. The van der Waals surface area contributed by atoms with E-state index in [9.17, 15) is 5.11 Å². The summed E-state index contributed by atoms with van der Waals surface area (Å²) in [6.07, 6.45) is 5.72. The Morgan fingerprint density at radius 2 is 2.04 bits per heavy atom. The number of hydrogen-bond acceptors (Lipinski definition) is 5. The number of aliphatic hydroxyl groups excluding tert-OH is 1. The van der Waals surface area contributed by atoms with Crippen molar-refractivity contribution < 1.29 is 9.84 Å². The van der Waals surface area contributed by atoms with E-state index in [0.717, 1.165) is 25.9 Å². The van der Waals surface area contributed by atoms with Crippen molar-refractivity contribution in [2.75, 3.05) is 26.2 Å². The van der Waals surface area contributed by atoms with Crippen molar-refractivity contribution >= 4 is 0 Å². The normalized spacial score (nSPS) is 17.2. The van der Waals surface area contributed by atoms with Gasteiger partial charge in [0.15, 0.2) is 0 Å². The van der Waals surface area contributed by atoms with Crippen molar-refractivity contribution in [2.45, 2.75) is 24.9 Å². The molecule has 132 valence electrons. The second-order valence-corrected chi connectivity index (χ2v) is 6.62. The van der Waals surface area contributed by atoms with Gasteiger partial charge in [0.2, 0.25) is 0 Å². The molecule has 1 fully saturated rings. The van der Waals surface area contributed by atoms with Crippen LogP contribution in [-0.4, -0.2) is 52.1 Å². The number of rotatable bonds is 6. The molecule has 2 heterocycles. The number of likely N-dealkylation sites (tertiary alicyclic amines) is 1. The van der Waals surface area contributed by atoms with E-state index in [0.29, 0.717) is 23.8 Å². The highest BCUT2D eigenvalue weighted by atomic mass is 16.5. The lowest BCUT2D eigenvalue weighted by atomic mass is 9.91. The maximum absolute atomic E-state index is 10.2. The molecule has 1 aliphatic rings. The van der Waals surface area contributed by atoms with Crippen LogP contribution in [0.3, 0.4) is 0 Å². The molecule has 6 nitrogen and oxygen atoms in total. The van der Waals surface area contributed by atoms with Crippen LogP contribution in [-0.2, 0) is 7.05 Å². The van der Waals surface area contributed by atoms with Gasteiger partial charge in [-0.3, -0.25) is 4.68 Å². The minimum absolute atomic E-state index is 0.258. The molecule has 1 saturated heterocycles. The van der Waals surface area contributed by atoms with Crippen molar-refractivity contribution in [3.05, 3.63) is 47.8 Å². The van der Waals surface area contributed by atoms with E-state index in [1.807, 2.05) is 17.9 Å². The molecule has 1 aliphatic heterocycles. The summed E-state index contributed by atoms with van der Waals surface area (Å²) >= 11 is 0. The molecule has 0 radical (unpaired) electrons. The number of aromatic nitrogens is 2. The number of aryl methyl sites for hydroxylation is 1. The van der Waals surface area contributed by atoms with E-state index in [1.54, 1.807) is 24.3 Å². The Bertz CT molecular complexity index is 712. The second-order valence-electron chi connectivity index (χ2n) is 6.62. The molecule has 2 aromatic rings.